The van der Waals surface area contributed by atoms with Gasteiger partial charge in [-0.25, -0.2) is 9.97 Å². The van der Waals surface area contributed by atoms with Crippen molar-refractivity contribution in [3.8, 4) is 0 Å². The van der Waals surface area contributed by atoms with Crippen LogP contribution in [0.5, 0.6) is 0 Å². The van der Waals surface area contributed by atoms with Crippen LogP contribution in [-0.2, 0) is 10.3 Å². The Kier molecular flexibility index (Phi) is 3.47. The molecule has 1 aromatic rings. The molecule has 18 heavy (non-hydrogen) atoms. The summed E-state index contributed by atoms with van der Waals surface area (Å²) in [6.45, 7) is 2.54. The first-order chi connectivity index (χ1) is 8.59. The summed E-state index contributed by atoms with van der Waals surface area (Å²) in [7, 11) is 0. The largest absolute Gasteiger partial charge is 0.383 e. The number of primary amides is 1. The number of nitrogens with zero attached hydrogens (tertiary/aromatic N) is 2. The van der Waals surface area contributed by atoms with Gasteiger partial charge in [0.1, 0.15) is 11.4 Å². The van der Waals surface area contributed by atoms with Crippen LogP contribution in [0.1, 0.15) is 48.8 Å². The lowest BCUT2D eigenvalue weighted by Gasteiger charge is -2.27. The molecule has 4 N–H and O–H groups in total. The smallest absolute Gasteiger partial charge is 0.254 e. The molecule has 1 aliphatic carbocycles. The Bertz CT molecular complexity index is 455. The molecule has 6 nitrogen and oxygen atoms in total. The van der Waals surface area contributed by atoms with Crippen molar-refractivity contribution in [2.24, 2.45) is 5.73 Å². The van der Waals surface area contributed by atoms with Crippen molar-refractivity contribution >= 4 is 11.7 Å². The van der Waals surface area contributed by atoms with Gasteiger partial charge in [0, 0.05) is 12.8 Å². The number of nitrogen functional groups attached to an aromatic ring is 1. The van der Waals surface area contributed by atoms with Crippen LogP contribution in [0.2, 0.25) is 0 Å². The zero-order valence-corrected chi connectivity index (χ0v) is 10.5. The quantitative estimate of drug-likeness (QED) is 0.828. The maximum absolute atomic E-state index is 11.1. The monoisotopic (exact) mass is 250 g/mol. The molecule has 1 amide bonds. The normalized spacial score (nSPS) is 17.8. The van der Waals surface area contributed by atoms with Crippen LogP contribution in [0.3, 0.4) is 0 Å². The van der Waals surface area contributed by atoms with E-state index >= 15 is 0 Å². The summed E-state index contributed by atoms with van der Waals surface area (Å²) >= 11 is 0. The summed E-state index contributed by atoms with van der Waals surface area (Å²) in [6, 6.07) is 0. The zero-order valence-electron chi connectivity index (χ0n) is 10.5. The van der Waals surface area contributed by atoms with E-state index < -0.39 is 11.5 Å². The minimum absolute atomic E-state index is 0.124. The molecular weight excluding hydrogens is 232 g/mol. The van der Waals surface area contributed by atoms with E-state index in [4.69, 9.17) is 16.2 Å². The topological polar surface area (TPSA) is 104 Å². The molecule has 1 heterocycles. The lowest BCUT2D eigenvalue weighted by atomic mass is 10.0. The van der Waals surface area contributed by atoms with E-state index in [1.165, 1.54) is 6.20 Å². The summed E-state index contributed by atoms with van der Waals surface area (Å²) in [5.74, 6) is 0.0683. The summed E-state index contributed by atoms with van der Waals surface area (Å²) in [5.41, 5.74) is 10.6. The molecule has 0 aromatic carbocycles. The number of rotatable bonds is 4. The molecular formula is C12H18N4O2. The molecule has 1 aromatic heterocycles. The SMILES string of the molecule is CCOC1(c2ncc(C(N)=O)c(N)n2)CCCC1. The molecule has 2 rings (SSSR count). The molecule has 1 aliphatic rings. The maximum atomic E-state index is 11.1. The van der Waals surface area contributed by atoms with Crippen LogP contribution in [0.25, 0.3) is 0 Å². The number of amides is 1. The highest BCUT2D eigenvalue weighted by Crippen LogP contribution is 2.40. The number of anilines is 1. The molecule has 98 valence electrons. The molecule has 0 spiro atoms. The Labute approximate surface area is 106 Å². The van der Waals surface area contributed by atoms with Crippen LogP contribution in [-0.4, -0.2) is 22.5 Å². The van der Waals surface area contributed by atoms with Crippen LogP contribution in [0.15, 0.2) is 6.20 Å². The van der Waals surface area contributed by atoms with Crippen molar-refractivity contribution in [1.29, 1.82) is 0 Å². The number of ether oxygens (including phenoxy) is 1. The van der Waals surface area contributed by atoms with Crippen molar-refractivity contribution in [3.05, 3.63) is 17.6 Å². The van der Waals surface area contributed by atoms with Crippen LogP contribution >= 0.6 is 0 Å². The predicted molar refractivity (Wildman–Crippen MR) is 66.7 cm³/mol. The van der Waals surface area contributed by atoms with Gasteiger partial charge in [-0.2, -0.15) is 0 Å². The third-order valence-electron chi connectivity index (χ3n) is 3.32. The highest BCUT2D eigenvalue weighted by Gasteiger charge is 2.39. The summed E-state index contributed by atoms with van der Waals surface area (Å²) < 4.78 is 5.84. The molecule has 0 unspecified atom stereocenters. The number of nitrogens with two attached hydrogens (primary N) is 2. The van der Waals surface area contributed by atoms with E-state index in [9.17, 15) is 4.79 Å². The third kappa shape index (κ3) is 2.15. The zero-order chi connectivity index (χ0) is 13.2. The van der Waals surface area contributed by atoms with Gasteiger partial charge < -0.3 is 16.2 Å². The fourth-order valence-electron chi connectivity index (χ4n) is 2.46. The van der Waals surface area contributed by atoms with E-state index in [0.29, 0.717) is 12.4 Å². The Balaban J connectivity index is 2.37. The highest BCUT2D eigenvalue weighted by atomic mass is 16.5. The molecule has 1 saturated carbocycles. The van der Waals surface area contributed by atoms with Crippen molar-refractivity contribution in [1.82, 2.24) is 9.97 Å². The molecule has 0 aliphatic heterocycles. The second kappa shape index (κ2) is 4.89. The number of hydrogen-bond acceptors (Lipinski definition) is 5. The van der Waals surface area contributed by atoms with Gasteiger partial charge in [-0.05, 0) is 32.6 Å². The van der Waals surface area contributed by atoms with Crippen LogP contribution in [0, 0.1) is 0 Å². The number of aromatic nitrogens is 2. The van der Waals surface area contributed by atoms with E-state index in [1.807, 2.05) is 6.92 Å². The van der Waals surface area contributed by atoms with Gasteiger partial charge in [-0.3, -0.25) is 4.79 Å². The molecule has 0 bridgehead atoms. The van der Waals surface area contributed by atoms with E-state index in [0.717, 1.165) is 25.7 Å². The maximum Gasteiger partial charge on any atom is 0.254 e. The Morgan fingerprint density at radius 2 is 2.17 bits per heavy atom. The average molecular weight is 250 g/mol. The first kappa shape index (κ1) is 12.8. The lowest BCUT2D eigenvalue weighted by Crippen LogP contribution is -2.30. The highest BCUT2D eigenvalue weighted by molar-refractivity contribution is 5.96. The van der Waals surface area contributed by atoms with E-state index in [2.05, 4.69) is 9.97 Å². The average Bonchev–Trinajstić information content (AvgIpc) is 2.78. The predicted octanol–water partition coefficient (Wildman–Crippen LogP) is 0.963. The van der Waals surface area contributed by atoms with Gasteiger partial charge in [0.15, 0.2) is 5.82 Å². The second-order valence-corrected chi connectivity index (χ2v) is 4.49. The lowest BCUT2D eigenvalue weighted by molar-refractivity contribution is -0.0456. The molecule has 0 atom stereocenters. The molecule has 0 saturated heterocycles. The molecule has 6 heteroatoms. The molecule has 1 fully saturated rings. The van der Waals surface area contributed by atoms with Crippen molar-refractivity contribution in [2.75, 3.05) is 12.3 Å². The Hall–Kier alpha value is -1.69. The van der Waals surface area contributed by atoms with Gasteiger partial charge in [-0.1, -0.05) is 0 Å². The van der Waals surface area contributed by atoms with Crippen molar-refractivity contribution in [3.63, 3.8) is 0 Å². The van der Waals surface area contributed by atoms with E-state index in [1.54, 1.807) is 0 Å². The molecule has 0 radical (unpaired) electrons. The summed E-state index contributed by atoms with van der Waals surface area (Å²) in [6.07, 6.45) is 5.33. The van der Waals surface area contributed by atoms with Crippen LogP contribution in [0.4, 0.5) is 5.82 Å². The van der Waals surface area contributed by atoms with Crippen molar-refractivity contribution in [2.45, 2.75) is 38.2 Å². The summed E-state index contributed by atoms with van der Waals surface area (Å²) in [4.78, 5) is 19.5. The fraction of sp³-hybridized carbons (Fsp3) is 0.583. The van der Waals surface area contributed by atoms with Gasteiger partial charge >= 0.3 is 0 Å². The van der Waals surface area contributed by atoms with Crippen LogP contribution < -0.4 is 11.5 Å². The van der Waals surface area contributed by atoms with Gasteiger partial charge in [0.25, 0.3) is 5.91 Å². The van der Waals surface area contributed by atoms with Gasteiger partial charge in [0.05, 0.1) is 5.56 Å². The van der Waals surface area contributed by atoms with Gasteiger partial charge in [-0.15, -0.1) is 0 Å². The summed E-state index contributed by atoms with van der Waals surface area (Å²) in [5, 5.41) is 0. The standard InChI is InChI=1S/C12H18N4O2/c1-2-18-12(5-3-4-6-12)11-15-7-8(10(14)17)9(13)16-11/h7H,2-6H2,1H3,(H2,14,17)(H2,13,15,16). The first-order valence-electron chi connectivity index (χ1n) is 6.16. The Morgan fingerprint density at radius 1 is 1.50 bits per heavy atom. The first-order valence-corrected chi connectivity index (χ1v) is 6.16. The minimum Gasteiger partial charge on any atom is -0.383 e. The number of carbonyl (C=O) groups is 1. The van der Waals surface area contributed by atoms with Gasteiger partial charge in [0.2, 0.25) is 0 Å². The number of hydrogen-bond donors (Lipinski definition) is 2. The fourth-order valence-corrected chi connectivity index (χ4v) is 2.46. The Morgan fingerprint density at radius 3 is 2.67 bits per heavy atom. The van der Waals surface area contributed by atoms with Crippen molar-refractivity contribution < 1.29 is 9.53 Å². The third-order valence-corrected chi connectivity index (χ3v) is 3.32. The minimum atomic E-state index is -0.615. The second-order valence-electron chi connectivity index (χ2n) is 4.49. The number of carbonyl (C=O) groups excluding carboxylic acids is 1. The van der Waals surface area contributed by atoms with E-state index in [-0.39, 0.29) is 11.4 Å².